The van der Waals surface area contributed by atoms with Crippen molar-refractivity contribution in [1.29, 1.82) is 0 Å². The summed E-state index contributed by atoms with van der Waals surface area (Å²) in [6.45, 7) is 5.89. The van der Waals surface area contributed by atoms with Gasteiger partial charge in [-0.25, -0.2) is 0 Å². The summed E-state index contributed by atoms with van der Waals surface area (Å²) in [4.78, 5) is 14.1. The molecule has 0 aliphatic carbocycles. The first-order valence-electron chi connectivity index (χ1n) is 7.78. The molecule has 110 valence electrons. The van der Waals surface area contributed by atoms with Crippen LogP contribution in [-0.2, 0) is 11.3 Å². The zero-order valence-electron chi connectivity index (χ0n) is 12.5. The SMILES string of the molecule is Cc1cccc(CN2CCCCCCNC(=O)CC2)c1. The summed E-state index contributed by atoms with van der Waals surface area (Å²) in [6.07, 6.45) is 5.45. The Morgan fingerprint density at radius 3 is 2.85 bits per heavy atom. The summed E-state index contributed by atoms with van der Waals surface area (Å²) in [5.74, 6) is 0.196. The highest BCUT2D eigenvalue weighted by Crippen LogP contribution is 2.10. The monoisotopic (exact) mass is 274 g/mol. The fourth-order valence-corrected chi connectivity index (χ4v) is 2.73. The largest absolute Gasteiger partial charge is 0.356 e. The number of carbonyl (C=O) groups is 1. The summed E-state index contributed by atoms with van der Waals surface area (Å²) in [5.41, 5.74) is 2.65. The third kappa shape index (κ3) is 5.33. The Morgan fingerprint density at radius 1 is 1.15 bits per heavy atom. The second kappa shape index (κ2) is 8.05. The van der Waals surface area contributed by atoms with E-state index < -0.39 is 0 Å². The number of nitrogens with zero attached hydrogens (tertiary/aromatic N) is 1. The van der Waals surface area contributed by atoms with Crippen LogP contribution in [0.2, 0.25) is 0 Å². The van der Waals surface area contributed by atoms with Crippen LogP contribution in [0.15, 0.2) is 24.3 Å². The van der Waals surface area contributed by atoms with Gasteiger partial charge in [0.15, 0.2) is 0 Å². The van der Waals surface area contributed by atoms with Crippen molar-refractivity contribution in [2.45, 2.75) is 45.6 Å². The Bertz CT molecular complexity index is 431. The van der Waals surface area contributed by atoms with Gasteiger partial charge >= 0.3 is 0 Å². The van der Waals surface area contributed by atoms with Gasteiger partial charge in [-0.1, -0.05) is 42.7 Å². The molecule has 1 aliphatic heterocycles. The number of nitrogens with one attached hydrogen (secondary N) is 1. The molecule has 0 radical (unpaired) electrons. The van der Waals surface area contributed by atoms with E-state index in [4.69, 9.17) is 0 Å². The highest BCUT2D eigenvalue weighted by Gasteiger charge is 2.10. The van der Waals surface area contributed by atoms with Gasteiger partial charge in [-0.3, -0.25) is 9.69 Å². The first-order valence-corrected chi connectivity index (χ1v) is 7.78. The molecule has 0 atom stereocenters. The second-order valence-corrected chi connectivity index (χ2v) is 5.78. The average molecular weight is 274 g/mol. The van der Waals surface area contributed by atoms with Crippen LogP contribution in [0, 0.1) is 6.92 Å². The van der Waals surface area contributed by atoms with E-state index in [-0.39, 0.29) is 5.91 Å². The molecular formula is C17H26N2O. The molecule has 20 heavy (non-hydrogen) atoms. The predicted molar refractivity (Wildman–Crippen MR) is 82.6 cm³/mol. The maximum Gasteiger partial charge on any atom is 0.221 e. The third-order valence-corrected chi connectivity index (χ3v) is 3.87. The molecule has 1 amide bonds. The van der Waals surface area contributed by atoms with E-state index in [2.05, 4.69) is 41.4 Å². The number of rotatable bonds is 2. The Morgan fingerprint density at radius 2 is 2.00 bits per heavy atom. The van der Waals surface area contributed by atoms with Gasteiger partial charge in [-0.2, -0.15) is 0 Å². The maximum absolute atomic E-state index is 11.7. The highest BCUT2D eigenvalue weighted by atomic mass is 16.1. The minimum atomic E-state index is 0.196. The maximum atomic E-state index is 11.7. The van der Waals surface area contributed by atoms with Gasteiger partial charge in [0.25, 0.3) is 0 Å². The van der Waals surface area contributed by atoms with E-state index in [9.17, 15) is 4.79 Å². The molecule has 1 heterocycles. The Kier molecular flexibility index (Phi) is 6.06. The number of aryl methyl sites for hydroxylation is 1. The standard InChI is InChI=1S/C17H26N2O/c1-15-7-6-8-16(13-15)14-19-11-5-3-2-4-10-18-17(20)9-12-19/h6-8,13H,2-5,9-12,14H2,1H3,(H,18,20). The zero-order valence-corrected chi connectivity index (χ0v) is 12.5. The lowest BCUT2D eigenvalue weighted by atomic mass is 10.1. The molecule has 0 unspecified atom stereocenters. The number of amides is 1. The van der Waals surface area contributed by atoms with Crippen LogP contribution in [0.5, 0.6) is 0 Å². The first-order chi connectivity index (χ1) is 9.74. The lowest BCUT2D eigenvalue weighted by Crippen LogP contribution is -2.31. The molecular weight excluding hydrogens is 248 g/mol. The summed E-state index contributed by atoms with van der Waals surface area (Å²) in [5, 5.41) is 3.01. The number of benzene rings is 1. The molecule has 1 fully saturated rings. The molecule has 1 saturated heterocycles. The van der Waals surface area contributed by atoms with E-state index in [1.54, 1.807) is 0 Å². The van der Waals surface area contributed by atoms with Crippen molar-refractivity contribution in [3.63, 3.8) is 0 Å². The molecule has 1 aliphatic rings. The van der Waals surface area contributed by atoms with E-state index in [1.165, 1.54) is 30.4 Å². The predicted octanol–water partition coefficient (Wildman–Crippen LogP) is 2.88. The van der Waals surface area contributed by atoms with Gasteiger partial charge in [0.05, 0.1) is 0 Å². The molecule has 1 N–H and O–H groups in total. The fourth-order valence-electron chi connectivity index (χ4n) is 2.73. The summed E-state index contributed by atoms with van der Waals surface area (Å²) in [7, 11) is 0. The molecule has 0 bridgehead atoms. The van der Waals surface area contributed by atoms with E-state index in [0.29, 0.717) is 6.42 Å². The van der Waals surface area contributed by atoms with Crippen molar-refractivity contribution in [3.05, 3.63) is 35.4 Å². The van der Waals surface area contributed by atoms with Gasteiger partial charge in [0.2, 0.25) is 5.91 Å². The van der Waals surface area contributed by atoms with Crippen molar-refractivity contribution >= 4 is 5.91 Å². The quantitative estimate of drug-likeness (QED) is 0.899. The molecule has 0 spiro atoms. The van der Waals surface area contributed by atoms with Crippen molar-refractivity contribution < 1.29 is 4.79 Å². The van der Waals surface area contributed by atoms with Crippen LogP contribution in [0.1, 0.15) is 43.2 Å². The molecule has 2 rings (SSSR count). The van der Waals surface area contributed by atoms with Crippen LogP contribution in [0.4, 0.5) is 0 Å². The number of hydrogen-bond donors (Lipinski definition) is 1. The molecule has 3 heteroatoms. The van der Waals surface area contributed by atoms with Crippen LogP contribution in [0.3, 0.4) is 0 Å². The molecule has 0 saturated carbocycles. The van der Waals surface area contributed by atoms with Gasteiger partial charge in [-0.05, 0) is 31.9 Å². The molecule has 3 nitrogen and oxygen atoms in total. The molecule has 0 aromatic heterocycles. The van der Waals surface area contributed by atoms with Crippen LogP contribution >= 0.6 is 0 Å². The Hall–Kier alpha value is -1.35. The fraction of sp³-hybridized carbons (Fsp3) is 0.588. The lowest BCUT2D eigenvalue weighted by Gasteiger charge is -2.22. The highest BCUT2D eigenvalue weighted by molar-refractivity contribution is 5.76. The summed E-state index contributed by atoms with van der Waals surface area (Å²) in [6, 6.07) is 8.66. The second-order valence-electron chi connectivity index (χ2n) is 5.78. The van der Waals surface area contributed by atoms with Crippen LogP contribution < -0.4 is 5.32 Å². The van der Waals surface area contributed by atoms with Crippen molar-refractivity contribution in [2.24, 2.45) is 0 Å². The molecule has 1 aromatic rings. The average Bonchev–Trinajstić information content (AvgIpc) is 2.46. The smallest absolute Gasteiger partial charge is 0.221 e. The Balaban J connectivity index is 1.93. The van der Waals surface area contributed by atoms with Crippen molar-refractivity contribution in [2.75, 3.05) is 19.6 Å². The van der Waals surface area contributed by atoms with E-state index in [0.717, 1.165) is 32.6 Å². The number of hydrogen-bond acceptors (Lipinski definition) is 2. The van der Waals surface area contributed by atoms with Crippen molar-refractivity contribution in [3.8, 4) is 0 Å². The van der Waals surface area contributed by atoms with Gasteiger partial charge < -0.3 is 5.32 Å². The minimum Gasteiger partial charge on any atom is -0.356 e. The van der Waals surface area contributed by atoms with E-state index >= 15 is 0 Å². The Labute approximate surface area is 122 Å². The van der Waals surface area contributed by atoms with E-state index in [1.807, 2.05) is 0 Å². The van der Waals surface area contributed by atoms with Gasteiger partial charge in [0.1, 0.15) is 0 Å². The topological polar surface area (TPSA) is 32.3 Å². The van der Waals surface area contributed by atoms with Gasteiger partial charge in [-0.15, -0.1) is 0 Å². The van der Waals surface area contributed by atoms with Crippen LogP contribution in [0.25, 0.3) is 0 Å². The van der Waals surface area contributed by atoms with Crippen molar-refractivity contribution in [1.82, 2.24) is 10.2 Å². The lowest BCUT2D eigenvalue weighted by molar-refractivity contribution is -0.121. The summed E-state index contributed by atoms with van der Waals surface area (Å²) < 4.78 is 0. The zero-order chi connectivity index (χ0) is 14.2. The third-order valence-electron chi connectivity index (χ3n) is 3.87. The molecule has 1 aromatic carbocycles. The first kappa shape index (κ1) is 15.0. The minimum absolute atomic E-state index is 0.196. The summed E-state index contributed by atoms with van der Waals surface area (Å²) >= 11 is 0. The normalized spacial score (nSPS) is 19.1. The number of carbonyl (C=O) groups excluding carboxylic acids is 1. The van der Waals surface area contributed by atoms with Crippen LogP contribution in [-0.4, -0.2) is 30.4 Å². The van der Waals surface area contributed by atoms with Gasteiger partial charge in [0, 0.05) is 26.1 Å².